The lowest BCUT2D eigenvalue weighted by molar-refractivity contribution is 0.0534. The van der Waals surface area contributed by atoms with Gasteiger partial charge in [0.2, 0.25) is 0 Å². The minimum Gasteiger partial charge on any atom is -0.497 e. The van der Waals surface area contributed by atoms with Gasteiger partial charge >= 0.3 is 11.9 Å². The van der Waals surface area contributed by atoms with Gasteiger partial charge in [-0.2, -0.15) is 0 Å². The fraction of sp³-hybridized carbons (Fsp3) is 0.0690. The number of pyridine rings is 1. The molecular weight excluding hydrogens is 456 g/mol. The van der Waals surface area contributed by atoms with E-state index in [2.05, 4.69) is 6.07 Å². The van der Waals surface area contributed by atoms with Crippen LogP contribution in [0.15, 0.2) is 85.2 Å². The van der Waals surface area contributed by atoms with Gasteiger partial charge in [-0.3, -0.25) is 0 Å². The van der Waals surface area contributed by atoms with Crippen LogP contribution < -0.4 is 4.74 Å². The summed E-state index contributed by atoms with van der Waals surface area (Å²) in [6.45, 7) is 0.262. The fourth-order valence-corrected chi connectivity index (χ4v) is 4.54. The Morgan fingerprint density at radius 1 is 0.944 bits per heavy atom. The van der Waals surface area contributed by atoms with Crippen molar-refractivity contribution in [2.75, 3.05) is 7.11 Å². The van der Waals surface area contributed by atoms with Crippen molar-refractivity contribution in [1.82, 2.24) is 9.55 Å². The molecule has 1 aliphatic rings. The second-order valence-electron chi connectivity index (χ2n) is 8.54. The molecule has 0 atom stereocenters. The fourth-order valence-electron chi connectivity index (χ4n) is 4.54. The normalized spacial score (nSPS) is 12.4. The van der Waals surface area contributed by atoms with E-state index >= 15 is 0 Å². The highest BCUT2D eigenvalue weighted by Gasteiger charge is 2.22. The van der Waals surface area contributed by atoms with E-state index in [1.165, 1.54) is 0 Å². The van der Waals surface area contributed by atoms with Crippen LogP contribution in [0.25, 0.3) is 39.0 Å². The molecule has 2 aromatic heterocycles. The van der Waals surface area contributed by atoms with E-state index in [0.29, 0.717) is 5.56 Å². The molecule has 3 heterocycles. The lowest BCUT2D eigenvalue weighted by Gasteiger charge is -2.07. The first kappa shape index (κ1) is 21.6. The third-order valence-corrected chi connectivity index (χ3v) is 6.45. The second-order valence-corrected chi connectivity index (χ2v) is 8.54. The molecule has 1 N–H and O–H groups in total. The van der Waals surface area contributed by atoms with Gasteiger partial charge in [0.05, 0.1) is 18.2 Å². The van der Waals surface area contributed by atoms with Crippen LogP contribution in [0.3, 0.4) is 0 Å². The van der Waals surface area contributed by atoms with E-state index in [4.69, 9.17) is 14.5 Å². The Bertz CT molecular complexity index is 1650. The summed E-state index contributed by atoms with van der Waals surface area (Å²) in [6, 6.07) is 22.3. The van der Waals surface area contributed by atoms with E-state index in [0.717, 1.165) is 50.3 Å². The maximum atomic E-state index is 12.0. The van der Waals surface area contributed by atoms with Crippen molar-refractivity contribution in [3.8, 4) is 33.7 Å². The molecule has 5 aromatic rings. The van der Waals surface area contributed by atoms with Gasteiger partial charge in [0.1, 0.15) is 18.0 Å². The molecule has 176 valence electrons. The molecule has 0 spiro atoms. The number of carboxylic acids is 1. The van der Waals surface area contributed by atoms with Gasteiger partial charge in [0.15, 0.2) is 0 Å². The van der Waals surface area contributed by atoms with Crippen LogP contribution in [0, 0.1) is 0 Å². The number of carbonyl (C=O) groups is 2. The number of aromatic nitrogens is 2. The summed E-state index contributed by atoms with van der Waals surface area (Å²) in [7, 11) is 1.63. The monoisotopic (exact) mass is 476 g/mol. The molecule has 7 nitrogen and oxygen atoms in total. The molecule has 6 rings (SSSR count). The summed E-state index contributed by atoms with van der Waals surface area (Å²) in [5.41, 5.74) is 7.02. The molecule has 0 bridgehead atoms. The first-order valence-corrected chi connectivity index (χ1v) is 11.3. The summed E-state index contributed by atoms with van der Waals surface area (Å²) in [5.74, 6) is -0.502. The Hall–Kier alpha value is -4.91. The van der Waals surface area contributed by atoms with Crippen molar-refractivity contribution >= 4 is 23.0 Å². The van der Waals surface area contributed by atoms with Crippen molar-refractivity contribution in [3.05, 3.63) is 102 Å². The number of carboxylic acid groups (broad SMARTS) is 1. The van der Waals surface area contributed by atoms with Gasteiger partial charge in [0, 0.05) is 40.2 Å². The lowest BCUT2D eigenvalue weighted by atomic mass is 9.99. The zero-order chi connectivity index (χ0) is 24.8. The number of aromatic carboxylic acids is 1. The number of ether oxygens (including phenoxy) is 2. The van der Waals surface area contributed by atoms with E-state index in [-0.39, 0.29) is 18.1 Å². The predicted octanol–water partition coefficient (Wildman–Crippen LogP) is 5.74. The lowest BCUT2D eigenvalue weighted by Crippen LogP contribution is -1.95. The van der Waals surface area contributed by atoms with Crippen molar-refractivity contribution in [3.63, 3.8) is 0 Å². The summed E-state index contributed by atoms with van der Waals surface area (Å²) in [4.78, 5) is 28.0. The van der Waals surface area contributed by atoms with E-state index in [9.17, 15) is 14.7 Å². The van der Waals surface area contributed by atoms with Crippen LogP contribution >= 0.6 is 0 Å². The maximum Gasteiger partial charge on any atom is 0.338 e. The number of methoxy groups -OCH3 is 1. The first-order chi connectivity index (χ1) is 17.5. The van der Waals surface area contributed by atoms with Crippen molar-refractivity contribution < 1.29 is 24.2 Å². The number of esters is 1. The first-order valence-electron chi connectivity index (χ1n) is 11.3. The minimum absolute atomic E-state index is 0.231. The quantitative estimate of drug-likeness (QED) is 0.326. The third-order valence-electron chi connectivity index (χ3n) is 6.45. The van der Waals surface area contributed by atoms with Gasteiger partial charge in [-0.25, -0.2) is 14.6 Å². The van der Waals surface area contributed by atoms with Gasteiger partial charge in [0.25, 0.3) is 0 Å². The van der Waals surface area contributed by atoms with E-state index in [1.807, 2.05) is 47.2 Å². The number of carbonyl (C=O) groups excluding carboxylic acids is 1. The molecule has 0 fully saturated rings. The number of hydrogen-bond donors (Lipinski definition) is 1. The SMILES string of the molecule is COc1ccc(-n2cc(-c3ccc4c(c3)COC4=O)c3cc(-c4ccc(C(=O)O)cc4)cnc32)cc1. The number of cyclic esters (lactones) is 1. The Morgan fingerprint density at radius 3 is 2.42 bits per heavy atom. The summed E-state index contributed by atoms with van der Waals surface area (Å²) < 4.78 is 12.5. The molecule has 0 amide bonds. The number of fused-ring (bicyclic) bond motifs is 2. The smallest absolute Gasteiger partial charge is 0.338 e. The number of nitrogens with zero attached hydrogens (tertiary/aromatic N) is 2. The van der Waals surface area contributed by atoms with E-state index in [1.54, 1.807) is 43.6 Å². The summed E-state index contributed by atoms with van der Waals surface area (Å²) in [5, 5.41) is 10.2. The molecule has 0 aliphatic carbocycles. The second kappa shape index (κ2) is 8.39. The molecular formula is C29H20N2O5. The van der Waals surface area contributed by atoms with Gasteiger partial charge in [-0.15, -0.1) is 0 Å². The highest BCUT2D eigenvalue weighted by molar-refractivity contribution is 5.99. The minimum atomic E-state index is -0.965. The molecule has 0 unspecified atom stereocenters. The third kappa shape index (κ3) is 3.58. The highest BCUT2D eigenvalue weighted by atomic mass is 16.5. The average molecular weight is 476 g/mol. The predicted molar refractivity (Wildman–Crippen MR) is 135 cm³/mol. The number of hydrogen-bond acceptors (Lipinski definition) is 5. The van der Waals surface area contributed by atoms with Crippen molar-refractivity contribution in [2.24, 2.45) is 0 Å². The van der Waals surface area contributed by atoms with Crippen molar-refractivity contribution in [1.29, 1.82) is 0 Å². The Kier molecular flexibility index (Phi) is 5.04. The maximum absolute atomic E-state index is 12.0. The number of benzene rings is 3. The van der Waals surface area contributed by atoms with Gasteiger partial charge in [-0.05, 0) is 65.7 Å². The van der Waals surface area contributed by atoms with Crippen LogP contribution in [0.1, 0.15) is 26.3 Å². The van der Waals surface area contributed by atoms with Gasteiger partial charge in [-0.1, -0.05) is 18.2 Å². The summed E-state index contributed by atoms with van der Waals surface area (Å²) in [6.07, 6.45) is 3.83. The Labute approximate surface area is 206 Å². The van der Waals surface area contributed by atoms with Crippen LogP contribution in [-0.2, 0) is 11.3 Å². The van der Waals surface area contributed by atoms with Crippen LogP contribution in [0.5, 0.6) is 5.75 Å². The number of rotatable bonds is 5. The Balaban J connectivity index is 1.53. The zero-order valence-electron chi connectivity index (χ0n) is 19.3. The average Bonchev–Trinajstić information content (AvgIpc) is 3.48. The van der Waals surface area contributed by atoms with Crippen LogP contribution in [-0.4, -0.2) is 33.7 Å². The van der Waals surface area contributed by atoms with Crippen molar-refractivity contribution in [2.45, 2.75) is 6.61 Å². The molecule has 0 saturated carbocycles. The van der Waals surface area contributed by atoms with Crippen LogP contribution in [0.4, 0.5) is 0 Å². The summed E-state index contributed by atoms with van der Waals surface area (Å²) >= 11 is 0. The molecule has 0 radical (unpaired) electrons. The molecule has 1 aliphatic heterocycles. The molecule has 36 heavy (non-hydrogen) atoms. The highest BCUT2D eigenvalue weighted by Crippen LogP contribution is 2.36. The molecule has 0 saturated heterocycles. The largest absolute Gasteiger partial charge is 0.497 e. The molecule has 3 aromatic carbocycles. The molecule has 7 heteroatoms. The van der Waals surface area contributed by atoms with E-state index < -0.39 is 5.97 Å². The Morgan fingerprint density at radius 2 is 1.69 bits per heavy atom. The van der Waals surface area contributed by atoms with Gasteiger partial charge < -0.3 is 19.1 Å². The van der Waals surface area contributed by atoms with Crippen LogP contribution in [0.2, 0.25) is 0 Å². The zero-order valence-corrected chi connectivity index (χ0v) is 19.3. The topological polar surface area (TPSA) is 90.7 Å². The standard InChI is InChI=1S/C29H20N2O5/c1-35-23-9-7-22(8-10-23)31-15-26(19-6-11-24-21(12-19)16-36-29(24)34)25-13-20(14-30-27(25)31)17-2-4-18(5-3-17)28(32)33/h2-15H,16H2,1H3,(H,32,33).